The molecule has 448 valence electrons. The third-order valence-corrected chi connectivity index (χ3v) is 14.3. The topological polar surface area (TPSA) is 78.9 Å². The van der Waals surface area contributed by atoms with E-state index < -0.39 is 6.10 Å². The summed E-state index contributed by atoms with van der Waals surface area (Å²) in [6.07, 6.45) is 88.7. The first-order chi connectivity index (χ1) is 38.5. The molecule has 0 saturated carbocycles. The maximum absolute atomic E-state index is 12.9. The van der Waals surface area contributed by atoms with Gasteiger partial charge in [-0.25, -0.2) is 0 Å². The number of hydrogen-bond acceptors (Lipinski definition) is 6. The van der Waals surface area contributed by atoms with Crippen LogP contribution in [-0.4, -0.2) is 37.2 Å². The summed E-state index contributed by atoms with van der Waals surface area (Å²) in [5.41, 5.74) is 0. The molecular formula is C72H124O6. The highest BCUT2D eigenvalue weighted by Crippen LogP contribution is 2.17. The lowest BCUT2D eigenvalue weighted by molar-refractivity contribution is -0.167. The van der Waals surface area contributed by atoms with E-state index in [2.05, 4.69) is 118 Å². The molecule has 1 unspecified atom stereocenters. The molecule has 0 aromatic carbocycles. The van der Waals surface area contributed by atoms with Crippen LogP contribution in [0.5, 0.6) is 0 Å². The highest BCUT2D eigenvalue weighted by Gasteiger charge is 2.19. The largest absolute Gasteiger partial charge is 0.462 e. The number of hydrogen-bond donors (Lipinski definition) is 0. The molecule has 0 bridgehead atoms. The Labute approximate surface area is 483 Å². The smallest absolute Gasteiger partial charge is 0.306 e. The fourth-order valence-corrected chi connectivity index (χ4v) is 9.31. The van der Waals surface area contributed by atoms with Crippen LogP contribution in [0.3, 0.4) is 0 Å². The van der Waals surface area contributed by atoms with Crippen LogP contribution in [0.1, 0.15) is 323 Å². The molecule has 0 amide bonds. The number of carbonyl (C=O) groups is 3. The summed E-state index contributed by atoms with van der Waals surface area (Å²) in [4.78, 5) is 38.2. The van der Waals surface area contributed by atoms with E-state index in [1.165, 1.54) is 161 Å². The second-order valence-corrected chi connectivity index (χ2v) is 22.0. The van der Waals surface area contributed by atoms with Gasteiger partial charge in [-0.05, 0) is 116 Å². The quantitative estimate of drug-likeness (QED) is 0.0261. The number of unbranched alkanes of at least 4 members (excludes halogenated alkanes) is 33. The van der Waals surface area contributed by atoms with Gasteiger partial charge >= 0.3 is 17.9 Å². The van der Waals surface area contributed by atoms with Gasteiger partial charge in [-0.2, -0.15) is 0 Å². The van der Waals surface area contributed by atoms with Crippen LogP contribution in [0.4, 0.5) is 0 Å². The molecule has 0 heterocycles. The molecule has 6 heteroatoms. The molecule has 0 N–H and O–H groups in total. The molecule has 0 saturated heterocycles. The molecule has 0 aliphatic rings. The van der Waals surface area contributed by atoms with Crippen molar-refractivity contribution in [3.8, 4) is 0 Å². The monoisotopic (exact) mass is 1080 g/mol. The zero-order chi connectivity index (χ0) is 56.4. The van der Waals surface area contributed by atoms with Crippen LogP contribution in [-0.2, 0) is 28.6 Å². The number of esters is 3. The first-order valence-electron chi connectivity index (χ1n) is 33.2. The van der Waals surface area contributed by atoms with Gasteiger partial charge < -0.3 is 14.2 Å². The molecule has 78 heavy (non-hydrogen) atoms. The Morgan fingerprint density at radius 2 is 0.513 bits per heavy atom. The van der Waals surface area contributed by atoms with Gasteiger partial charge in [-0.15, -0.1) is 0 Å². The lowest BCUT2D eigenvalue weighted by atomic mass is 10.0. The molecule has 0 aliphatic heterocycles. The summed E-state index contributed by atoms with van der Waals surface area (Å²) < 4.78 is 16.9. The van der Waals surface area contributed by atoms with Crippen LogP contribution < -0.4 is 0 Å². The number of rotatable bonds is 60. The molecule has 0 aromatic rings. The minimum Gasteiger partial charge on any atom is -0.462 e. The lowest BCUT2D eigenvalue weighted by Crippen LogP contribution is -2.30. The van der Waals surface area contributed by atoms with Crippen molar-refractivity contribution in [1.82, 2.24) is 0 Å². The standard InChI is InChI=1S/C72H124O6/c1-4-7-10-13-16-19-22-25-27-28-29-30-31-32-33-34-35-36-37-38-39-40-41-42-43-44-45-48-50-53-56-59-62-65-71(74)77-68-69(67-76-70(73)64-61-58-55-52-49-46-24-21-18-15-12-9-6-3)78-72(75)66-63-60-57-54-51-47-26-23-20-17-14-11-8-5-2/h9,12,14,17-18,21-23,25-26,28-29,31-32,46,49,69H,4-8,10-11,13,15-16,19-20,24,27,30,33-45,47-48,50-68H2,1-3H3/b12-9-,17-14-,21-18-,25-22-,26-23-,29-28-,32-31-,49-46-. The Balaban J connectivity index is 4.15. The van der Waals surface area contributed by atoms with Gasteiger partial charge in [-0.3, -0.25) is 14.4 Å². The van der Waals surface area contributed by atoms with Gasteiger partial charge in [0.2, 0.25) is 0 Å². The number of carbonyl (C=O) groups excluding carboxylic acids is 3. The van der Waals surface area contributed by atoms with Crippen molar-refractivity contribution in [3.05, 3.63) is 97.2 Å². The predicted octanol–water partition coefficient (Wildman–Crippen LogP) is 22.8. The van der Waals surface area contributed by atoms with E-state index in [1.807, 2.05) is 0 Å². The molecule has 0 aliphatic carbocycles. The Morgan fingerprint density at radius 3 is 0.833 bits per heavy atom. The predicted molar refractivity (Wildman–Crippen MR) is 339 cm³/mol. The van der Waals surface area contributed by atoms with E-state index in [0.29, 0.717) is 19.3 Å². The van der Waals surface area contributed by atoms with Crippen LogP contribution in [0.2, 0.25) is 0 Å². The minimum absolute atomic E-state index is 0.0909. The molecular weight excluding hydrogens is 961 g/mol. The van der Waals surface area contributed by atoms with Crippen molar-refractivity contribution in [2.75, 3.05) is 13.2 Å². The van der Waals surface area contributed by atoms with Gasteiger partial charge in [0.1, 0.15) is 13.2 Å². The van der Waals surface area contributed by atoms with Crippen molar-refractivity contribution in [2.24, 2.45) is 0 Å². The van der Waals surface area contributed by atoms with E-state index in [9.17, 15) is 14.4 Å². The zero-order valence-corrected chi connectivity index (χ0v) is 51.4. The maximum Gasteiger partial charge on any atom is 0.306 e. The first-order valence-corrected chi connectivity index (χ1v) is 33.2. The van der Waals surface area contributed by atoms with Crippen LogP contribution in [0.25, 0.3) is 0 Å². The Bertz CT molecular complexity index is 1530. The van der Waals surface area contributed by atoms with Crippen molar-refractivity contribution in [2.45, 2.75) is 329 Å². The van der Waals surface area contributed by atoms with Crippen LogP contribution in [0, 0.1) is 0 Å². The van der Waals surface area contributed by atoms with Crippen LogP contribution in [0.15, 0.2) is 97.2 Å². The highest BCUT2D eigenvalue weighted by atomic mass is 16.6. The van der Waals surface area contributed by atoms with E-state index in [0.717, 1.165) is 122 Å². The van der Waals surface area contributed by atoms with Crippen molar-refractivity contribution < 1.29 is 28.6 Å². The third-order valence-electron chi connectivity index (χ3n) is 14.3. The molecule has 0 aromatic heterocycles. The van der Waals surface area contributed by atoms with E-state index >= 15 is 0 Å². The van der Waals surface area contributed by atoms with E-state index in [4.69, 9.17) is 14.2 Å². The fourth-order valence-electron chi connectivity index (χ4n) is 9.31. The molecule has 0 fully saturated rings. The Kier molecular flexibility index (Phi) is 62.7. The summed E-state index contributed by atoms with van der Waals surface area (Å²) in [7, 11) is 0. The number of allylic oxidation sites excluding steroid dienone is 16. The van der Waals surface area contributed by atoms with E-state index in [-0.39, 0.29) is 31.1 Å². The molecule has 0 rings (SSSR count). The summed E-state index contributed by atoms with van der Waals surface area (Å²) in [5, 5.41) is 0. The van der Waals surface area contributed by atoms with Gasteiger partial charge in [0.25, 0.3) is 0 Å². The van der Waals surface area contributed by atoms with Gasteiger partial charge in [-0.1, -0.05) is 285 Å². The van der Waals surface area contributed by atoms with Gasteiger partial charge in [0.05, 0.1) is 0 Å². The molecule has 0 spiro atoms. The molecule has 0 radical (unpaired) electrons. The van der Waals surface area contributed by atoms with Crippen molar-refractivity contribution >= 4 is 17.9 Å². The average molecular weight is 1090 g/mol. The number of ether oxygens (including phenoxy) is 3. The lowest BCUT2D eigenvalue weighted by Gasteiger charge is -2.18. The maximum atomic E-state index is 12.9. The van der Waals surface area contributed by atoms with Gasteiger partial charge in [0, 0.05) is 19.3 Å². The second-order valence-electron chi connectivity index (χ2n) is 22.0. The van der Waals surface area contributed by atoms with Crippen molar-refractivity contribution in [3.63, 3.8) is 0 Å². The zero-order valence-electron chi connectivity index (χ0n) is 51.4. The van der Waals surface area contributed by atoms with Crippen LogP contribution >= 0.6 is 0 Å². The van der Waals surface area contributed by atoms with Crippen molar-refractivity contribution in [1.29, 1.82) is 0 Å². The Hall–Kier alpha value is -3.67. The van der Waals surface area contributed by atoms with E-state index in [1.54, 1.807) is 0 Å². The van der Waals surface area contributed by atoms with Gasteiger partial charge in [0.15, 0.2) is 6.10 Å². The summed E-state index contributed by atoms with van der Waals surface area (Å²) in [5.74, 6) is -0.927. The Morgan fingerprint density at radius 1 is 0.269 bits per heavy atom. The summed E-state index contributed by atoms with van der Waals surface area (Å²) in [6, 6.07) is 0. The SMILES string of the molecule is CC/C=C\C/C=C\C/C=C\CCCCCC(=O)OCC(COC(=O)CCCCCCCCCCCCCCCCCCCC/C=C\C/C=C\C/C=C\CCCCCCC)OC(=O)CCCCCCC/C=C\C/C=C\CCCC. The average Bonchev–Trinajstić information content (AvgIpc) is 3.44. The fraction of sp³-hybridized carbons (Fsp3) is 0.736. The molecule has 6 nitrogen and oxygen atoms in total. The highest BCUT2D eigenvalue weighted by molar-refractivity contribution is 5.71. The minimum atomic E-state index is -0.797. The second kappa shape index (κ2) is 65.8. The first kappa shape index (κ1) is 74.3. The normalized spacial score (nSPS) is 12.7. The summed E-state index contributed by atoms with van der Waals surface area (Å²) >= 11 is 0. The molecule has 1 atom stereocenters. The summed E-state index contributed by atoms with van der Waals surface area (Å²) in [6.45, 7) is 6.46. The third kappa shape index (κ3) is 63.2.